The molecule has 0 radical (unpaired) electrons. The lowest BCUT2D eigenvalue weighted by Gasteiger charge is -2.06. The molecule has 138 valence electrons. The van der Waals surface area contributed by atoms with Gasteiger partial charge in [0, 0.05) is 23.9 Å². The number of esters is 1. The van der Waals surface area contributed by atoms with Crippen molar-refractivity contribution in [2.75, 3.05) is 0 Å². The van der Waals surface area contributed by atoms with Gasteiger partial charge in [0.25, 0.3) is 0 Å². The molecule has 0 aliphatic carbocycles. The number of nitrogens with zero attached hydrogens (tertiary/aromatic N) is 1. The summed E-state index contributed by atoms with van der Waals surface area (Å²) < 4.78 is 11.2. The highest BCUT2D eigenvalue weighted by Gasteiger charge is 2.06. The van der Waals surface area contributed by atoms with Crippen LogP contribution in [0.5, 0.6) is 5.75 Å². The van der Waals surface area contributed by atoms with Gasteiger partial charge in [-0.25, -0.2) is 4.99 Å². The standard InChI is InChI=1S/C24H19NO3/c1-16-8-13-23-21(14-16)22(15-24(28-23)18-6-4-3-5-7-18)25-19-9-11-20(12-10-19)27-17(2)26/h3-15H,1-2H3. The molecule has 0 atom stereocenters. The van der Waals surface area contributed by atoms with Crippen molar-refractivity contribution in [1.82, 2.24) is 0 Å². The second-order valence-corrected chi connectivity index (χ2v) is 6.56. The molecule has 3 aromatic carbocycles. The number of hydrogen-bond donors (Lipinski definition) is 0. The molecule has 0 unspecified atom stereocenters. The summed E-state index contributed by atoms with van der Waals surface area (Å²) in [6, 6.07) is 25.1. The van der Waals surface area contributed by atoms with Gasteiger partial charge in [-0.1, -0.05) is 42.0 Å². The maximum atomic E-state index is 11.1. The molecule has 0 fully saturated rings. The number of aryl methyl sites for hydroxylation is 1. The molecule has 1 aromatic heterocycles. The van der Waals surface area contributed by atoms with Crippen molar-refractivity contribution in [1.29, 1.82) is 0 Å². The van der Waals surface area contributed by atoms with E-state index in [2.05, 4.69) is 6.07 Å². The molecule has 0 spiro atoms. The van der Waals surface area contributed by atoms with Crippen LogP contribution >= 0.6 is 0 Å². The number of hydrogen-bond acceptors (Lipinski definition) is 4. The van der Waals surface area contributed by atoms with Gasteiger partial charge in [0.2, 0.25) is 0 Å². The van der Waals surface area contributed by atoms with Gasteiger partial charge in [0.15, 0.2) is 0 Å². The molecule has 0 N–H and O–H groups in total. The molecule has 4 rings (SSSR count). The van der Waals surface area contributed by atoms with E-state index in [1.807, 2.05) is 67.6 Å². The molecule has 28 heavy (non-hydrogen) atoms. The Morgan fingerprint density at radius 3 is 2.39 bits per heavy atom. The van der Waals surface area contributed by atoms with Crippen LogP contribution in [0.3, 0.4) is 0 Å². The lowest BCUT2D eigenvalue weighted by molar-refractivity contribution is -0.131. The first-order chi connectivity index (χ1) is 13.6. The zero-order valence-corrected chi connectivity index (χ0v) is 15.7. The van der Waals surface area contributed by atoms with Crippen molar-refractivity contribution in [3.8, 4) is 17.1 Å². The van der Waals surface area contributed by atoms with Crippen molar-refractivity contribution < 1.29 is 13.9 Å². The van der Waals surface area contributed by atoms with Gasteiger partial charge in [-0.2, -0.15) is 0 Å². The Morgan fingerprint density at radius 2 is 1.68 bits per heavy atom. The molecule has 4 aromatic rings. The minimum atomic E-state index is -0.344. The fourth-order valence-corrected chi connectivity index (χ4v) is 3.01. The molecule has 0 saturated carbocycles. The predicted molar refractivity (Wildman–Crippen MR) is 109 cm³/mol. The number of carbonyl (C=O) groups is 1. The van der Waals surface area contributed by atoms with E-state index in [0.29, 0.717) is 5.75 Å². The Hall–Kier alpha value is -3.66. The van der Waals surface area contributed by atoms with Crippen molar-refractivity contribution >= 4 is 22.6 Å². The van der Waals surface area contributed by atoms with Crippen molar-refractivity contribution in [2.24, 2.45) is 4.99 Å². The molecule has 4 nitrogen and oxygen atoms in total. The molecule has 0 amide bonds. The molecule has 1 heterocycles. The van der Waals surface area contributed by atoms with Crippen LogP contribution in [0.25, 0.3) is 22.3 Å². The minimum absolute atomic E-state index is 0.344. The highest BCUT2D eigenvalue weighted by atomic mass is 16.5. The van der Waals surface area contributed by atoms with Gasteiger partial charge in [0.1, 0.15) is 17.1 Å². The van der Waals surface area contributed by atoms with Gasteiger partial charge >= 0.3 is 5.97 Å². The molecule has 0 aliphatic rings. The molecule has 0 aliphatic heterocycles. The maximum Gasteiger partial charge on any atom is 0.308 e. The third-order valence-corrected chi connectivity index (χ3v) is 4.30. The minimum Gasteiger partial charge on any atom is -0.456 e. The zero-order chi connectivity index (χ0) is 19.5. The van der Waals surface area contributed by atoms with E-state index >= 15 is 0 Å². The third-order valence-electron chi connectivity index (χ3n) is 4.30. The quantitative estimate of drug-likeness (QED) is 0.351. The Kier molecular flexibility index (Phi) is 4.77. The van der Waals surface area contributed by atoms with Crippen LogP contribution in [-0.2, 0) is 4.79 Å². The smallest absolute Gasteiger partial charge is 0.308 e. The highest BCUT2D eigenvalue weighted by molar-refractivity contribution is 5.79. The molecule has 0 bridgehead atoms. The monoisotopic (exact) mass is 369 g/mol. The first-order valence-corrected chi connectivity index (χ1v) is 9.02. The van der Waals surface area contributed by atoms with Crippen LogP contribution in [-0.4, -0.2) is 5.97 Å². The summed E-state index contributed by atoms with van der Waals surface area (Å²) in [4.78, 5) is 15.9. The average molecular weight is 369 g/mol. The second kappa shape index (κ2) is 7.53. The summed E-state index contributed by atoms with van der Waals surface area (Å²) in [5.74, 6) is 0.913. The maximum absolute atomic E-state index is 11.1. The van der Waals surface area contributed by atoms with Gasteiger partial charge in [-0.05, 0) is 43.3 Å². The fourth-order valence-electron chi connectivity index (χ4n) is 3.01. The molecule has 0 saturated heterocycles. The van der Waals surface area contributed by atoms with E-state index in [-0.39, 0.29) is 5.97 Å². The summed E-state index contributed by atoms with van der Waals surface area (Å²) in [7, 11) is 0. The van der Waals surface area contributed by atoms with Gasteiger partial charge in [-0.3, -0.25) is 4.79 Å². The summed E-state index contributed by atoms with van der Waals surface area (Å²) >= 11 is 0. The highest BCUT2D eigenvalue weighted by Crippen LogP contribution is 2.24. The van der Waals surface area contributed by atoms with Gasteiger partial charge < -0.3 is 9.15 Å². The number of ether oxygens (including phenoxy) is 1. The summed E-state index contributed by atoms with van der Waals surface area (Å²) in [5.41, 5.74) is 3.68. The lowest BCUT2D eigenvalue weighted by Crippen LogP contribution is -2.03. The SMILES string of the molecule is CC(=O)Oc1ccc(N=c2cc(-c3ccccc3)oc3ccc(C)cc23)cc1. The van der Waals surface area contributed by atoms with E-state index < -0.39 is 0 Å². The Bertz CT molecular complexity index is 1210. The first kappa shape index (κ1) is 17.7. The summed E-state index contributed by atoms with van der Waals surface area (Å²) in [5, 5.41) is 1.77. The van der Waals surface area contributed by atoms with Crippen LogP contribution < -0.4 is 10.1 Å². The van der Waals surface area contributed by atoms with Crippen LogP contribution in [0.1, 0.15) is 12.5 Å². The Balaban J connectivity index is 1.87. The van der Waals surface area contributed by atoms with Crippen LogP contribution in [0.2, 0.25) is 0 Å². The molecular formula is C24H19NO3. The second-order valence-electron chi connectivity index (χ2n) is 6.56. The normalized spacial score (nSPS) is 11.6. The number of fused-ring (bicyclic) bond motifs is 1. The third kappa shape index (κ3) is 3.86. The summed E-state index contributed by atoms with van der Waals surface area (Å²) in [6.45, 7) is 3.42. The van der Waals surface area contributed by atoms with E-state index in [0.717, 1.165) is 38.9 Å². The van der Waals surface area contributed by atoms with Crippen LogP contribution in [0.4, 0.5) is 5.69 Å². The number of benzene rings is 3. The molecule has 4 heteroatoms. The Morgan fingerprint density at radius 1 is 0.929 bits per heavy atom. The van der Waals surface area contributed by atoms with E-state index in [1.165, 1.54) is 6.92 Å². The average Bonchev–Trinajstić information content (AvgIpc) is 2.70. The first-order valence-electron chi connectivity index (χ1n) is 9.02. The van der Waals surface area contributed by atoms with E-state index in [9.17, 15) is 4.79 Å². The molecular weight excluding hydrogens is 350 g/mol. The van der Waals surface area contributed by atoms with E-state index in [1.54, 1.807) is 12.1 Å². The lowest BCUT2D eigenvalue weighted by atomic mass is 10.1. The van der Waals surface area contributed by atoms with Gasteiger partial charge in [-0.15, -0.1) is 0 Å². The van der Waals surface area contributed by atoms with E-state index in [4.69, 9.17) is 14.1 Å². The largest absolute Gasteiger partial charge is 0.456 e. The zero-order valence-electron chi connectivity index (χ0n) is 15.7. The van der Waals surface area contributed by atoms with Crippen molar-refractivity contribution in [3.63, 3.8) is 0 Å². The predicted octanol–water partition coefficient (Wildman–Crippen LogP) is 5.57. The van der Waals surface area contributed by atoms with Crippen LogP contribution in [0, 0.1) is 6.92 Å². The Labute approximate surface area is 162 Å². The summed E-state index contributed by atoms with van der Waals surface area (Å²) in [6.07, 6.45) is 0. The van der Waals surface area contributed by atoms with Crippen molar-refractivity contribution in [3.05, 3.63) is 89.8 Å². The van der Waals surface area contributed by atoms with Crippen LogP contribution in [0.15, 0.2) is 88.3 Å². The van der Waals surface area contributed by atoms with Crippen molar-refractivity contribution in [2.45, 2.75) is 13.8 Å². The topological polar surface area (TPSA) is 51.8 Å². The number of rotatable bonds is 3. The van der Waals surface area contributed by atoms with Gasteiger partial charge in [0.05, 0.1) is 11.0 Å². The fraction of sp³-hybridized carbons (Fsp3) is 0.0833. The number of carbonyl (C=O) groups excluding carboxylic acids is 1.